The van der Waals surface area contributed by atoms with E-state index >= 15 is 0 Å². The van der Waals surface area contributed by atoms with Gasteiger partial charge in [-0.25, -0.2) is 4.39 Å². The Hall–Kier alpha value is -0.800. The molecule has 18 heavy (non-hydrogen) atoms. The maximum Gasteiger partial charge on any atom is 0.124 e. The summed E-state index contributed by atoms with van der Waals surface area (Å²) in [7, 11) is 0. The molecular weight excluding hydrogens is 297 g/mol. The van der Waals surface area contributed by atoms with Crippen molar-refractivity contribution in [1.82, 2.24) is 0 Å². The SMILES string of the molecule is OC(c1ccc(Cl)c(Cl)c1)c1ccc(F)cc1Cl. The average molecular weight is 306 g/mol. The van der Waals surface area contributed by atoms with Crippen molar-refractivity contribution in [3.8, 4) is 0 Å². The summed E-state index contributed by atoms with van der Waals surface area (Å²) >= 11 is 17.6. The van der Waals surface area contributed by atoms with Crippen LogP contribution in [-0.2, 0) is 0 Å². The zero-order valence-corrected chi connectivity index (χ0v) is 11.3. The fraction of sp³-hybridized carbons (Fsp3) is 0.0769. The second kappa shape index (κ2) is 5.45. The van der Waals surface area contributed by atoms with Gasteiger partial charge in [0.2, 0.25) is 0 Å². The van der Waals surface area contributed by atoms with E-state index in [2.05, 4.69) is 0 Å². The number of benzene rings is 2. The van der Waals surface area contributed by atoms with Crippen LogP contribution < -0.4 is 0 Å². The van der Waals surface area contributed by atoms with E-state index in [4.69, 9.17) is 34.8 Å². The summed E-state index contributed by atoms with van der Waals surface area (Å²) in [5.74, 6) is -0.454. The van der Waals surface area contributed by atoms with Gasteiger partial charge in [-0.15, -0.1) is 0 Å². The molecule has 94 valence electrons. The molecule has 0 amide bonds. The van der Waals surface area contributed by atoms with Gasteiger partial charge in [0, 0.05) is 10.6 Å². The molecule has 0 heterocycles. The van der Waals surface area contributed by atoms with Crippen LogP contribution >= 0.6 is 34.8 Å². The summed E-state index contributed by atoms with van der Waals surface area (Å²) in [5.41, 5.74) is 0.953. The molecule has 2 rings (SSSR count). The van der Waals surface area contributed by atoms with Crippen LogP contribution in [0.1, 0.15) is 17.2 Å². The van der Waals surface area contributed by atoms with E-state index < -0.39 is 11.9 Å². The highest BCUT2D eigenvalue weighted by molar-refractivity contribution is 6.42. The van der Waals surface area contributed by atoms with Crippen molar-refractivity contribution >= 4 is 34.8 Å². The van der Waals surface area contributed by atoms with Gasteiger partial charge < -0.3 is 5.11 Å². The Morgan fingerprint density at radius 3 is 2.22 bits per heavy atom. The van der Waals surface area contributed by atoms with Crippen LogP contribution in [0, 0.1) is 5.82 Å². The Morgan fingerprint density at radius 1 is 0.889 bits per heavy atom. The first kappa shape index (κ1) is 13.6. The molecule has 1 atom stereocenters. The minimum Gasteiger partial charge on any atom is -0.384 e. The van der Waals surface area contributed by atoms with Gasteiger partial charge >= 0.3 is 0 Å². The lowest BCUT2D eigenvalue weighted by Crippen LogP contribution is -2.01. The van der Waals surface area contributed by atoms with Gasteiger partial charge in [0.15, 0.2) is 0 Å². The lowest BCUT2D eigenvalue weighted by atomic mass is 10.0. The van der Waals surface area contributed by atoms with Crippen LogP contribution in [0.25, 0.3) is 0 Å². The first-order valence-corrected chi connectivity index (χ1v) is 6.20. The Bertz CT molecular complexity index is 586. The molecule has 1 nitrogen and oxygen atoms in total. The summed E-state index contributed by atoms with van der Waals surface area (Å²) in [6.07, 6.45) is -0.979. The Morgan fingerprint density at radius 2 is 1.61 bits per heavy atom. The maximum atomic E-state index is 12.9. The van der Waals surface area contributed by atoms with Gasteiger partial charge in [0.1, 0.15) is 11.9 Å². The van der Waals surface area contributed by atoms with Gasteiger partial charge in [-0.1, -0.05) is 46.9 Å². The molecule has 2 aromatic rings. The molecule has 0 aliphatic carbocycles. The molecule has 0 aliphatic rings. The largest absolute Gasteiger partial charge is 0.384 e. The lowest BCUT2D eigenvalue weighted by molar-refractivity contribution is 0.220. The van der Waals surface area contributed by atoms with Crippen molar-refractivity contribution in [3.05, 3.63) is 68.4 Å². The second-order valence-corrected chi connectivity index (χ2v) is 4.96. The van der Waals surface area contributed by atoms with Gasteiger partial charge in [0.25, 0.3) is 0 Å². The van der Waals surface area contributed by atoms with Crippen LogP contribution in [0.15, 0.2) is 36.4 Å². The minimum atomic E-state index is -0.979. The zero-order chi connectivity index (χ0) is 13.3. The third-order valence-electron chi connectivity index (χ3n) is 2.52. The quantitative estimate of drug-likeness (QED) is 0.839. The van der Waals surface area contributed by atoms with Crippen LogP contribution in [0.2, 0.25) is 15.1 Å². The molecule has 0 aromatic heterocycles. The number of hydrogen-bond donors (Lipinski definition) is 1. The summed E-state index contributed by atoms with van der Waals surface area (Å²) in [4.78, 5) is 0. The van der Waals surface area contributed by atoms with E-state index in [1.807, 2.05) is 0 Å². The predicted molar refractivity (Wildman–Crippen MR) is 71.9 cm³/mol. The summed E-state index contributed by atoms with van der Waals surface area (Å²) in [6.45, 7) is 0. The van der Waals surface area contributed by atoms with Crippen molar-refractivity contribution < 1.29 is 9.50 Å². The monoisotopic (exact) mass is 304 g/mol. The van der Waals surface area contributed by atoms with Gasteiger partial charge in [-0.2, -0.15) is 0 Å². The molecule has 1 unspecified atom stereocenters. The highest BCUT2D eigenvalue weighted by Gasteiger charge is 2.15. The molecule has 0 saturated carbocycles. The first-order chi connectivity index (χ1) is 8.49. The Kier molecular flexibility index (Phi) is 4.13. The van der Waals surface area contributed by atoms with Gasteiger partial charge in [-0.3, -0.25) is 0 Å². The molecule has 0 spiro atoms. The highest BCUT2D eigenvalue weighted by Crippen LogP contribution is 2.32. The van der Waals surface area contributed by atoms with E-state index in [1.165, 1.54) is 12.1 Å². The highest BCUT2D eigenvalue weighted by atomic mass is 35.5. The third kappa shape index (κ3) is 2.78. The number of halogens is 4. The number of aliphatic hydroxyl groups excluding tert-OH is 1. The number of hydrogen-bond acceptors (Lipinski definition) is 1. The number of rotatable bonds is 2. The fourth-order valence-electron chi connectivity index (χ4n) is 1.59. The van der Waals surface area contributed by atoms with Crippen molar-refractivity contribution in [2.45, 2.75) is 6.10 Å². The van der Waals surface area contributed by atoms with E-state index in [9.17, 15) is 9.50 Å². The second-order valence-electron chi connectivity index (χ2n) is 3.74. The van der Waals surface area contributed by atoms with Crippen molar-refractivity contribution in [2.75, 3.05) is 0 Å². The topological polar surface area (TPSA) is 20.2 Å². The molecular formula is C13H8Cl3FO. The summed E-state index contributed by atoms with van der Waals surface area (Å²) in [5, 5.41) is 11.1. The van der Waals surface area contributed by atoms with Crippen LogP contribution in [0.5, 0.6) is 0 Å². The molecule has 0 saturated heterocycles. The summed E-state index contributed by atoms with van der Waals surface area (Å²) in [6, 6.07) is 8.59. The zero-order valence-electron chi connectivity index (χ0n) is 9.00. The molecule has 0 aliphatic heterocycles. The smallest absolute Gasteiger partial charge is 0.124 e. The van der Waals surface area contributed by atoms with E-state index in [1.54, 1.807) is 18.2 Å². The predicted octanol–water partition coefficient (Wildman–Crippen LogP) is 4.87. The standard InChI is InChI=1S/C13H8Cl3FO/c14-10-4-1-7(5-12(10)16)13(18)9-3-2-8(17)6-11(9)15/h1-6,13,18H. The van der Waals surface area contributed by atoms with Crippen molar-refractivity contribution in [3.63, 3.8) is 0 Å². The normalized spacial score (nSPS) is 12.5. The van der Waals surface area contributed by atoms with E-state index in [-0.39, 0.29) is 5.02 Å². The van der Waals surface area contributed by atoms with Crippen LogP contribution in [-0.4, -0.2) is 5.11 Å². The van der Waals surface area contributed by atoms with E-state index in [0.29, 0.717) is 21.2 Å². The third-order valence-corrected chi connectivity index (χ3v) is 3.58. The fourth-order valence-corrected chi connectivity index (χ4v) is 2.16. The van der Waals surface area contributed by atoms with Crippen molar-refractivity contribution in [2.24, 2.45) is 0 Å². The molecule has 0 fully saturated rings. The van der Waals surface area contributed by atoms with Crippen molar-refractivity contribution in [1.29, 1.82) is 0 Å². The number of aliphatic hydroxyl groups is 1. The molecule has 5 heteroatoms. The molecule has 1 N–H and O–H groups in total. The molecule has 0 radical (unpaired) electrons. The average Bonchev–Trinajstić information content (AvgIpc) is 2.32. The maximum absolute atomic E-state index is 12.9. The van der Waals surface area contributed by atoms with Gasteiger partial charge in [-0.05, 0) is 29.8 Å². The Balaban J connectivity index is 2.41. The first-order valence-electron chi connectivity index (χ1n) is 5.07. The van der Waals surface area contributed by atoms with E-state index in [0.717, 1.165) is 6.07 Å². The van der Waals surface area contributed by atoms with Gasteiger partial charge in [0.05, 0.1) is 10.0 Å². The van der Waals surface area contributed by atoms with Crippen LogP contribution in [0.4, 0.5) is 4.39 Å². The molecule has 0 bridgehead atoms. The summed E-state index contributed by atoms with van der Waals surface area (Å²) < 4.78 is 12.9. The minimum absolute atomic E-state index is 0.161. The van der Waals surface area contributed by atoms with Crippen LogP contribution in [0.3, 0.4) is 0 Å². The Labute approximate surface area is 119 Å². The lowest BCUT2D eigenvalue weighted by Gasteiger charge is -2.13. The molecule has 2 aromatic carbocycles.